The van der Waals surface area contributed by atoms with E-state index in [1.54, 1.807) is 12.4 Å². The average Bonchev–Trinajstić information content (AvgIpc) is 2.06. The number of hydrogen-bond donors (Lipinski definition) is 1. The van der Waals surface area contributed by atoms with Crippen LogP contribution in [-0.4, -0.2) is 17.7 Å². The van der Waals surface area contributed by atoms with Crippen LogP contribution in [0, 0.1) is 0 Å². The Morgan fingerprint density at radius 2 is 2.17 bits per heavy atom. The van der Waals surface area contributed by atoms with Crippen LogP contribution in [0.3, 0.4) is 0 Å². The average molecular weight is 168 g/mol. The minimum absolute atomic E-state index is 0.256. The molecule has 0 atom stereocenters. The third-order valence-corrected chi connectivity index (χ3v) is 1.33. The Balaban J connectivity index is 2.78. The minimum Gasteiger partial charge on any atom is -0.478 e. The minimum atomic E-state index is -0.932. The summed E-state index contributed by atoms with van der Waals surface area (Å²) in [7, 11) is 0. The van der Waals surface area contributed by atoms with Gasteiger partial charge in [-0.05, 0) is 6.92 Å². The molecule has 0 spiro atoms. The van der Waals surface area contributed by atoms with E-state index in [0.717, 1.165) is 0 Å². The van der Waals surface area contributed by atoms with Crippen molar-refractivity contribution in [2.24, 2.45) is 0 Å². The van der Waals surface area contributed by atoms with Crippen LogP contribution in [0.4, 0.5) is 0 Å². The fraction of sp³-hybridized carbons (Fsp3) is 0.250. The van der Waals surface area contributed by atoms with Gasteiger partial charge >= 0.3 is 5.97 Å². The number of carbonyl (C=O) groups is 1. The summed E-state index contributed by atoms with van der Waals surface area (Å²) in [5.74, 6) is -0.932. The van der Waals surface area contributed by atoms with Gasteiger partial charge in [-0.1, -0.05) is 0 Å². The molecule has 0 radical (unpaired) electrons. The second-order valence-electron chi connectivity index (χ2n) is 2.17. The van der Waals surface area contributed by atoms with Crippen LogP contribution in [0.5, 0.6) is 0 Å². The molecule has 1 aromatic rings. The maximum absolute atomic E-state index is 10.4. The van der Waals surface area contributed by atoms with E-state index in [9.17, 15) is 4.79 Å². The lowest BCUT2D eigenvalue weighted by atomic mass is 10.3. The Bertz CT molecular complexity index is 268. The summed E-state index contributed by atoms with van der Waals surface area (Å²) in [6, 6.07) is 2.97. The van der Waals surface area contributed by atoms with Crippen LogP contribution in [0.15, 0.2) is 24.5 Å². The predicted octanol–water partition coefficient (Wildman–Crippen LogP) is 0.121. The molecular weight excluding hydrogens is 158 g/mol. The fourth-order valence-corrected chi connectivity index (χ4v) is 0.790. The van der Waals surface area contributed by atoms with Crippen LogP contribution in [0.1, 0.15) is 17.3 Å². The second kappa shape index (κ2) is 3.71. The van der Waals surface area contributed by atoms with Crippen molar-refractivity contribution >= 4 is 5.97 Å². The molecule has 1 aromatic heterocycles. The number of aromatic nitrogens is 1. The van der Waals surface area contributed by atoms with Crippen molar-refractivity contribution in [1.29, 1.82) is 0 Å². The van der Waals surface area contributed by atoms with Crippen molar-refractivity contribution in [3.05, 3.63) is 30.1 Å². The molecule has 1 rings (SSSR count). The molecule has 0 fully saturated rings. The largest absolute Gasteiger partial charge is 0.478 e. The SMILES string of the molecule is CCO[n+]1ccc(C(=O)O)cc1. The van der Waals surface area contributed by atoms with Crippen LogP contribution in [0.2, 0.25) is 0 Å². The van der Waals surface area contributed by atoms with Gasteiger partial charge in [0.05, 0.1) is 5.56 Å². The number of hydrogen-bond acceptors (Lipinski definition) is 2. The number of aromatic carboxylic acids is 1. The van der Waals surface area contributed by atoms with Crippen molar-refractivity contribution in [1.82, 2.24) is 0 Å². The molecule has 64 valence electrons. The van der Waals surface area contributed by atoms with Gasteiger partial charge in [0.15, 0.2) is 6.61 Å². The predicted molar refractivity (Wildman–Crippen MR) is 40.7 cm³/mol. The van der Waals surface area contributed by atoms with Crippen molar-refractivity contribution in [2.75, 3.05) is 6.61 Å². The van der Waals surface area contributed by atoms with Gasteiger partial charge in [-0.25, -0.2) is 4.79 Å². The Morgan fingerprint density at radius 1 is 1.58 bits per heavy atom. The van der Waals surface area contributed by atoms with Gasteiger partial charge in [-0.2, -0.15) is 0 Å². The van der Waals surface area contributed by atoms with Crippen molar-refractivity contribution in [3.63, 3.8) is 0 Å². The lowest BCUT2D eigenvalue weighted by Crippen LogP contribution is -2.41. The highest BCUT2D eigenvalue weighted by Gasteiger charge is 2.05. The van der Waals surface area contributed by atoms with Crippen LogP contribution < -0.4 is 9.57 Å². The molecule has 0 saturated carbocycles. The molecule has 0 unspecified atom stereocenters. The van der Waals surface area contributed by atoms with E-state index in [-0.39, 0.29) is 5.56 Å². The third-order valence-electron chi connectivity index (χ3n) is 1.33. The smallest absolute Gasteiger partial charge is 0.336 e. The molecule has 12 heavy (non-hydrogen) atoms. The molecule has 0 aliphatic heterocycles. The van der Waals surface area contributed by atoms with E-state index < -0.39 is 5.97 Å². The number of carboxylic acid groups (broad SMARTS) is 1. The van der Waals surface area contributed by atoms with E-state index in [1.165, 1.54) is 16.9 Å². The van der Waals surface area contributed by atoms with E-state index >= 15 is 0 Å². The summed E-state index contributed by atoms with van der Waals surface area (Å²) in [6.45, 7) is 2.41. The lowest BCUT2D eigenvalue weighted by molar-refractivity contribution is -0.891. The number of pyridine rings is 1. The Kier molecular flexibility index (Phi) is 2.63. The van der Waals surface area contributed by atoms with Gasteiger partial charge in [0.25, 0.3) is 0 Å². The molecule has 1 N–H and O–H groups in total. The van der Waals surface area contributed by atoms with Gasteiger partial charge in [0.1, 0.15) is 0 Å². The zero-order valence-electron chi connectivity index (χ0n) is 6.73. The number of nitrogens with zero attached hydrogens (tertiary/aromatic N) is 1. The zero-order valence-corrected chi connectivity index (χ0v) is 6.73. The highest BCUT2D eigenvalue weighted by atomic mass is 16.7. The first-order chi connectivity index (χ1) is 5.74. The maximum Gasteiger partial charge on any atom is 0.336 e. The van der Waals surface area contributed by atoms with Crippen LogP contribution in [-0.2, 0) is 0 Å². The summed E-state index contributed by atoms with van der Waals surface area (Å²) in [5.41, 5.74) is 0.256. The molecule has 1 heterocycles. The van der Waals surface area contributed by atoms with E-state index in [0.29, 0.717) is 6.61 Å². The quantitative estimate of drug-likeness (QED) is 0.652. The van der Waals surface area contributed by atoms with Crippen molar-refractivity contribution in [3.8, 4) is 0 Å². The third kappa shape index (κ3) is 1.95. The topological polar surface area (TPSA) is 50.4 Å². The normalized spacial score (nSPS) is 9.42. The summed E-state index contributed by atoms with van der Waals surface area (Å²) in [5, 5.41) is 8.56. The van der Waals surface area contributed by atoms with Gasteiger partial charge < -0.3 is 5.11 Å². The van der Waals surface area contributed by atoms with E-state index in [4.69, 9.17) is 9.94 Å². The first-order valence-corrected chi connectivity index (χ1v) is 3.62. The monoisotopic (exact) mass is 168 g/mol. The Labute approximate surface area is 70.0 Å². The summed E-state index contributed by atoms with van der Waals surface area (Å²) in [4.78, 5) is 15.5. The Hall–Kier alpha value is -1.58. The number of rotatable bonds is 3. The first-order valence-electron chi connectivity index (χ1n) is 3.62. The van der Waals surface area contributed by atoms with E-state index in [2.05, 4.69) is 0 Å². The fourth-order valence-electron chi connectivity index (χ4n) is 0.790. The number of carboxylic acids is 1. The molecule has 4 heteroatoms. The highest BCUT2D eigenvalue weighted by molar-refractivity contribution is 5.87. The maximum atomic E-state index is 10.4. The zero-order chi connectivity index (χ0) is 8.97. The molecule has 0 aliphatic carbocycles. The van der Waals surface area contributed by atoms with Gasteiger partial charge in [-0.15, -0.1) is 0 Å². The molecular formula is C8H10NO3+. The van der Waals surface area contributed by atoms with Gasteiger partial charge in [0.2, 0.25) is 12.4 Å². The highest BCUT2D eigenvalue weighted by Crippen LogP contribution is 1.92. The second-order valence-corrected chi connectivity index (χ2v) is 2.17. The van der Waals surface area contributed by atoms with Gasteiger partial charge in [0, 0.05) is 16.9 Å². The molecule has 0 amide bonds. The summed E-state index contributed by atoms with van der Waals surface area (Å²) in [6.07, 6.45) is 3.12. The standard InChI is InChI=1S/C8H9NO3/c1-2-12-9-5-3-7(4-6-9)8(10)11/h3-6H,2H2,1H3/p+1. The van der Waals surface area contributed by atoms with Crippen molar-refractivity contribution < 1.29 is 19.5 Å². The van der Waals surface area contributed by atoms with E-state index in [1.807, 2.05) is 6.92 Å². The summed E-state index contributed by atoms with van der Waals surface area (Å²) >= 11 is 0. The first kappa shape index (κ1) is 8.52. The van der Waals surface area contributed by atoms with Crippen LogP contribution in [0.25, 0.3) is 0 Å². The molecule has 4 nitrogen and oxygen atoms in total. The molecule has 0 aliphatic rings. The molecule has 0 saturated heterocycles. The van der Waals surface area contributed by atoms with Crippen LogP contribution >= 0.6 is 0 Å². The molecule has 0 aromatic carbocycles. The Morgan fingerprint density at radius 3 is 2.58 bits per heavy atom. The summed E-state index contributed by atoms with van der Waals surface area (Å²) < 4.78 is 1.46. The lowest BCUT2D eigenvalue weighted by Gasteiger charge is -1.93. The van der Waals surface area contributed by atoms with Crippen molar-refractivity contribution in [2.45, 2.75) is 6.92 Å². The molecule has 0 bridgehead atoms. The van der Waals surface area contributed by atoms with Gasteiger partial charge in [-0.3, -0.25) is 4.84 Å².